The second kappa shape index (κ2) is 5.27. The highest BCUT2D eigenvalue weighted by molar-refractivity contribution is 7.19. The molecule has 2 aromatic carbocycles. The van der Waals surface area contributed by atoms with Gasteiger partial charge in [0.1, 0.15) is 24.2 Å². The molecule has 0 radical (unpaired) electrons. The number of benzene rings is 2. The van der Waals surface area contributed by atoms with E-state index in [-0.39, 0.29) is 5.82 Å². The van der Waals surface area contributed by atoms with Gasteiger partial charge in [0.25, 0.3) is 0 Å². The van der Waals surface area contributed by atoms with Crippen LogP contribution < -0.4 is 4.74 Å². The van der Waals surface area contributed by atoms with Crippen molar-refractivity contribution in [1.82, 2.24) is 4.98 Å². The minimum Gasteiger partial charge on any atom is -0.489 e. The molecule has 0 unspecified atom stereocenters. The highest BCUT2D eigenvalue weighted by Gasteiger charge is 2.04. The Hall–Kier alpha value is -2.45. The van der Waals surface area contributed by atoms with Crippen LogP contribution in [0.1, 0.15) is 10.6 Å². The average Bonchev–Trinajstić information content (AvgIpc) is 2.89. The van der Waals surface area contributed by atoms with Gasteiger partial charge in [-0.3, -0.25) is 0 Å². The first-order valence-electron chi connectivity index (χ1n) is 5.92. The summed E-state index contributed by atoms with van der Waals surface area (Å²) in [6.07, 6.45) is 0. The number of nitriles is 1. The molecule has 0 N–H and O–H groups in total. The van der Waals surface area contributed by atoms with Gasteiger partial charge in [-0.25, -0.2) is 9.37 Å². The standard InChI is InChI=1S/C15H9FN2OS/c16-11-3-1-10(2-4-11)9-19-12-5-6-13-14(7-12)20-15(8-17)18-13/h1-7H,9H2. The molecule has 0 atom stereocenters. The third-order valence-electron chi connectivity index (χ3n) is 2.77. The van der Waals surface area contributed by atoms with Crippen molar-refractivity contribution in [2.24, 2.45) is 0 Å². The van der Waals surface area contributed by atoms with Crippen LogP contribution in [0.15, 0.2) is 42.5 Å². The fourth-order valence-corrected chi connectivity index (χ4v) is 2.58. The first-order valence-corrected chi connectivity index (χ1v) is 6.74. The van der Waals surface area contributed by atoms with E-state index in [9.17, 15) is 4.39 Å². The molecule has 5 heteroatoms. The van der Waals surface area contributed by atoms with Crippen molar-refractivity contribution >= 4 is 21.6 Å². The summed E-state index contributed by atoms with van der Waals surface area (Å²) in [5.41, 5.74) is 1.69. The summed E-state index contributed by atoms with van der Waals surface area (Å²) < 4.78 is 19.4. The Bertz CT molecular complexity index is 790. The van der Waals surface area contributed by atoms with Gasteiger partial charge in [-0.15, -0.1) is 11.3 Å². The predicted molar refractivity (Wildman–Crippen MR) is 75.1 cm³/mol. The van der Waals surface area contributed by atoms with Gasteiger partial charge >= 0.3 is 0 Å². The quantitative estimate of drug-likeness (QED) is 0.733. The van der Waals surface area contributed by atoms with Crippen molar-refractivity contribution in [3.8, 4) is 11.8 Å². The van der Waals surface area contributed by atoms with Gasteiger partial charge in [0.05, 0.1) is 10.2 Å². The fourth-order valence-electron chi connectivity index (χ4n) is 1.79. The summed E-state index contributed by atoms with van der Waals surface area (Å²) in [5.74, 6) is 0.443. The summed E-state index contributed by atoms with van der Waals surface area (Å²) in [6, 6.07) is 13.7. The smallest absolute Gasteiger partial charge is 0.195 e. The molecule has 0 aliphatic rings. The van der Waals surface area contributed by atoms with E-state index in [0.29, 0.717) is 17.4 Å². The van der Waals surface area contributed by atoms with E-state index in [1.54, 1.807) is 12.1 Å². The maximum absolute atomic E-state index is 12.8. The van der Waals surface area contributed by atoms with Crippen LogP contribution in [0.3, 0.4) is 0 Å². The lowest BCUT2D eigenvalue weighted by Crippen LogP contribution is -1.95. The Balaban J connectivity index is 1.77. The van der Waals surface area contributed by atoms with Crippen LogP contribution in [0.25, 0.3) is 10.2 Å². The van der Waals surface area contributed by atoms with E-state index in [1.165, 1.54) is 23.5 Å². The minimum atomic E-state index is -0.260. The first-order chi connectivity index (χ1) is 9.74. The number of aromatic nitrogens is 1. The molecule has 0 amide bonds. The fraction of sp³-hybridized carbons (Fsp3) is 0.0667. The summed E-state index contributed by atoms with van der Waals surface area (Å²) in [6.45, 7) is 0.371. The number of hydrogen-bond donors (Lipinski definition) is 0. The molecular weight excluding hydrogens is 275 g/mol. The molecular formula is C15H9FN2OS. The molecule has 0 bridgehead atoms. The Labute approximate surface area is 118 Å². The third kappa shape index (κ3) is 2.60. The highest BCUT2D eigenvalue weighted by Crippen LogP contribution is 2.26. The van der Waals surface area contributed by atoms with Crippen LogP contribution in [0, 0.1) is 17.1 Å². The van der Waals surface area contributed by atoms with E-state index in [2.05, 4.69) is 4.98 Å². The largest absolute Gasteiger partial charge is 0.489 e. The number of ether oxygens (including phenoxy) is 1. The summed E-state index contributed by atoms with van der Waals surface area (Å²) in [4.78, 5) is 4.16. The monoisotopic (exact) mass is 284 g/mol. The number of halogens is 1. The van der Waals surface area contributed by atoms with Crippen molar-refractivity contribution < 1.29 is 9.13 Å². The van der Waals surface area contributed by atoms with Gasteiger partial charge in [0.2, 0.25) is 0 Å². The molecule has 1 aromatic heterocycles. The van der Waals surface area contributed by atoms with Gasteiger partial charge in [-0.05, 0) is 35.9 Å². The van der Waals surface area contributed by atoms with E-state index < -0.39 is 0 Å². The van der Waals surface area contributed by atoms with Crippen molar-refractivity contribution in [3.05, 3.63) is 58.9 Å². The molecule has 3 rings (SSSR count). The molecule has 0 aliphatic heterocycles. The number of nitrogens with zero attached hydrogens (tertiary/aromatic N) is 2. The average molecular weight is 284 g/mol. The lowest BCUT2D eigenvalue weighted by Gasteiger charge is -2.06. The molecule has 0 saturated heterocycles. The number of hydrogen-bond acceptors (Lipinski definition) is 4. The Morgan fingerprint density at radius 3 is 2.75 bits per heavy atom. The second-order valence-corrected chi connectivity index (χ2v) is 5.21. The van der Waals surface area contributed by atoms with E-state index >= 15 is 0 Å². The van der Waals surface area contributed by atoms with Gasteiger partial charge in [-0.2, -0.15) is 5.26 Å². The summed E-state index contributed by atoms with van der Waals surface area (Å²) >= 11 is 1.33. The Kier molecular flexibility index (Phi) is 3.32. The molecule has 3 aromatic rings. The zero-order valence-electron chi connectivity index (χ0n) is 10.3. The lowest BCUT2D eigenvalue weighted by atomic mass is 10.2. The molecule has 0 fully saturated rings. The van der Waals surface area contributed by atoms with Crippen LogP contribution in [-0.4, -0.2) is 4.98 Å². The van der Waals surface area contributed by atoms with E-state index in [0.717, 1.165) is 15.8 Å². The van der Waals surface area contributed by atoms with Gasteiger partial charge in [0.15, 0.2) is 5.01 Å². The van der Waals surface area contributed by atoms with Crippen molar-refractivity contribution in [1.29, 1.82) is 5.26 Å². The number of rotatable bonds is 3. The number of fused-ring (bicyclic) bond motifs is 1. The predicted octanol–water partition coefficient (Wildman–Crippen LogP) is 3.89. The maximum Gasteiger partial charge on any atom is 0.195 e. The lowest BCUT2D eigenvalue weighted by molar-refractivity contribution is 0.306. The summed E-state index contributed by atoms with van der Waals surface area (Å²) in [7, 11) is 0. The topological polar surface area (TPSA) is 45.9 Å². The zero-order chi connectivity index (χ0) is 13.9. The third-order valence-corrected chi connectivity index (χ3v) is 3.70. The van der Waals surface area contributed by atoms with Gasteiger partial charge in [-0.1, -0.05) is 12.1 Å². The SMILES string of the molecule is N#Cc1nc2ccc(OCc3ccc(F)cc3)cc2s1. The molecule has 0 aliphatic carbocycles. The molecule has 1 heterocycles. The van der Waals surface area contributed by atoms with Crippen LogP contribution in [0.4, 0.5) is 4.39 Å². The molecule has 0 spiro atoms. The van der Waals surface area contributed by atoms with Crippen LogP contribution in [0.2, 0.25) is 0 Å². The van der Waals surface area contributed by atoms with Crippen LogP contribution in [0.5, 0.6) is 5.75 Å². The molecule has 3 nitrogen and oxygen atoms in total. The number of thiazole rings is 1. The first kappa shape index (κ1) is 12.6. The van der Waals surface area contributed by atoms with Gasteiger partial charge in [0, 0.05) is 0 Å². The van der Waals surface area contributed by atoms with Crippen molar-refractivity contribution in [3.63, 3.8) is 0 Å². The Morgan fingerprint density at radius 2 is 2.00 bits per heavy atom. The zero-order valence-corrected chi connectivity index (χ0v) is 11.2. The normalized spacial score (nSPS) is 10.4. The van der Waals surface area contributed by atoms with Crippen molar-refractivity contribution in [2.45, 2.75) is 6.61 Å². The molecule has 98 valence electrons. The van der Waals surface area contributed by atoms with E-state index in [1.807, 2.05) is 24.3 Å². The van der Waals surface area contributed by atoms with Crippen LogP contribution in [-0.2, 0) is 6.61 Å². The maximum atomic E-state index is 12.8. The van der Waals surface area contributed by atoms with Gasteiger partial charge < -0.3 is 4.74 Å². The summed E-state index contributed by atoms with van der Waals surface area (Å²) in [5, 5.41) is 9.26. The Morgan fingerprint density at radius 1 is 1.20 bits per heavy atom. The molecule has 20 heavy (non-hydrogen) atoms. The minimum absolute atomic E-state index is 0.260. The van der Waals surface area contributed by atoms with E-state index in [4.69, 9.17) is 10.00 Å². The molecule has 0 saturated carbocycles. The highest BCUT2D eigenvalue weighted by atomic mass is 32.1. The van der Waals surface area contributed by atoms with Crippen LogP contribution >= 0.6 is 11.3 Å². The van der Waals surface area contributed by atoms with Crippen molar-refractivity contribution in [2.75, 3.05) is 0 Å². The second-order valence-electron chi connectivity index (χ2n) is 4.18.